The zero-order valence-corrected chi connectivity index (χ0v) is 23.2. The van der Waals surface area contributed by atoms with E-state index in [9.17, 15) is 19.2 Å². The van der Waals surface area contributed by atoms with Crippen LogP contribution in [-0.2, 0) is 24.0 Å². The van der Waals surface area contributed by atoms with Gasteiger partial charge in [-0.05, 0) is 29.2 Å². The highest BCUT2D eigenvalue weighted by Gasteiger charge is 2.38. The molecule has 1 aliphatic carbocycles. The van der Waals surface area contributed by atoms with Crippen LogP contribution >= 0.6 is 0 Å². The molecule has 1 saturated heterocycles. The number of hydrogen-bond donors (Lipinski definition) is 1. The van der Waals surface area contributed by atoms with Crippen LogP contribution < -0.4 is 5.32 Å². The highest BCUT2D eigenvalue weighted by Crippen LogP contribution is 2.50. The molecule has 8 heteroatoms. The van der Waals surface area contributed by atoms with Crippen molar-refractivity contribution in [2.75, 3.05) is 11.9 Å². The minimum absolute atomic E-state index is 0.0409. The monoisotopic (exact) mass is 546 g/mol. The summed E-state index contributed by atoms with van der Waals surface area (Å²) in [6.45, 7) is 3.07. The Bertz CT molecular complexity index is 1250. The molecular formula is C32H38N2O6. The second kappa shape index (κ2) is 14.5. The summed E-state index contributed by atoms with van der Waals surface area (Å²) in [7, 11) is 0. The van der Waals surface area contributed by atoms with Gasteiger partial charge in [-0.1, -0.05) is 106 Å². The fourth-order valence-electron chi connectivity index (χ4n) is 5.50. The molecule has 0 saturated carbocycles. The Morgan fingerprint density at radius 2 is 1.50 bits per heavy atom. The van der Waals surface area contributed by atoms with Gasteiger partial charge in [0.2, 0.25) is 5.76 Å². The molecule has 1 aliphatic heterocycles. The molecule has 212 valence electrons. The summed E-state index contributed by atoms with van der Waals surface area (Å²) in [6.07, 6.45) is 11.3. The van der Waals surface area contributed by atoms with Crippen molar-refractivity contribution in [3.63, 3.8) is 0 Å². The maximum atomic E-state index is 12.4. The van der Waals surface area contributed by atoms with Crippen molar-refractivity contribution >= 4 is 29.6 Å². The second-order valence-electron chi connectivity index (χ2n) is 10.4. The number of anilines is 1. The summed E-state index contributed by atoms with van der Waals surface area (Å²) in [5, 5.41) is 3.95. The van der Waals surface area contributed by atoms with E-state index in [2.05, 4.69) is 12.2 Å². The average molecular weight is 547 g/mol. The number of amides is 2. The molecule has 1 unspecified atom stereocenters. The molecule has 1 fully saturated rings. The van der Waals surface area contributed by atoms with Crippen LogP contribution in [0.1, 0.15) is 101 Å². The summed E-state index contributed by atoms with van der Waals surface area (Å²) >= 11 is 0. The molecule has 2 aromatic carbocycles. The van der Waals surface area contributed by atoms with Crippen molar-refractivity contribution < 1.29 is 28.8 Å². The molecule has 40 heavy (non-hydrogen) atoms. The molecule has 2 amide bonds. The molecule has 8 nitrogen and oxygen atoms in total. The number of hydroxylamine groups is 2. The van der Waals surface area contributed by atoms with Crippen molar-refractivity contribution in [2.45, 2.75) is 89.9 Å². The quantitative estimate of drug-likeness (QED) is 0.0838. The molecule has 0 aromatic heterocycles. The lowest BCUT2D eigenvalue weighted by atomic mass is 9.95. The van der Waals surface area contributed by atoms with Crippen LogP contribution in [0.25, 0.3) is 11.1 Å². The number of nitrogens with zero attached hydrogens (tertiary/aromatic N) is 1. The highest BCUT2D eigenvalue weighted by atomic mass is 16.8. The van der Waals surface area contributed by atoms with Crippen LogP contribution in [0.15, 0.2) is 48.2 Å². The first kappa shape index (κ1) is 29.1. The van der Waals surface area contributed by atoms with Crippen LogP contribution in [0.3, 0.4) is 0 Å². The lowest BCUT2D eigenvalue weighted by molar-refractivity contribution is -0.176. The van der Waals surface area contributed by atoms with Gasteiger partial charge in [0, 0.05) is 30.6 Å². The lowest BCUT2D eigenvalue weighted by Gasteiger charge is -2.17. The normalized spacial score (nSPS) is 15.4. The SMILES string of the molecule is CCCCCCCCCCCCNc1cccc2c1-c1ccccc1C2C(=C=O)OC(=O)ON1C(=O)CCC1=O. The minimum atomic E-state index is -1.33. The molecule has 0 bridgehead atoms. The molecule has 0 spiro atoms. The van der Waals surface area contributed by atoms with E-state index in [0.717, 1.165) is 40.9 Å². The van der Waals surface area contributed by atoms with Gasteiger partial charge in [-0.2, -0.15) is 0 Å². The number of unbranched alkanes of at least 4 members (excludes halogenated alkanes) is 9. The second-order valence-corrected chi connectivity index (χ2v) is 10.4. The molecule has 0 radical (unpaired) electrons. The molecule has 1 N–H and O–H groups in total. The lowest BCUT2D eigenvalue weighted by Crippen LogP contribution is -2.32. The van der Waals surface area contributed by atoms with Crippen molar-refractivity contribution in [1.29, 1.82) is 0 Å². The average Bonchev–Trinajstić information content (AvgIpc) is 3.47. The number of carbonyl (C=O) groups is 3. The number of allylic oxidation sites excluding steroid dienone is 1. The van der Waals surface area contributed by atoms with Crippen LogP contribution in [-0.4, -0.2) is 35.5 Å². The molecule has 1 atom stereocenters. The van der Waals surface area contributed by atoms with E-state index in [1.807, 2.05) is 42.5 Å². The van der Waals surface area contributed by atoms with Gasteiger partial charge >= 0.3 is 6.16 Å². The van der Waals surface area contributed by atoms with E-state index in [1.54, 1.807) is 5.94 Å². The molecule has 2 aromatic rings. The van der Waals surface area contributed by atoms with Gasteiger partial charge in [0.05, 0.1) is 5.92 Å². The first-order chi connectivity index (χ1) is 19.5. The van der Waals surface area contributed by atoms with E-state index in [1.165, 1.54) is 57.8 Å². The number of carbonyl (C=O) groups excluding carboxylic acids is 4. The Morgan fingerprint density at radius 3 is 2.17 bits per heavy atom. The fraction of sp³-hybridized carbons (Fsp3) is 0.469. The Morgan fingerprint density at radius 1 is 0.875 bits per heavy atom. The summed E-state index contributed by atoms with van der Waals surface area (Å²) < 4.78 is 5.23. The van der Waals surface area contributed by atoms with E-state index in [0.29, 0.717) is 5.06 Å². The van der Waals surface area contributed by atoms with Crippen LogP contribution in [0, 0.1) is 0 Å². The standard InChI is InChI=1S/C32H38N2O6/c1-2-3-4-5-6-7-8-9-10-13-21-33-26-18-14-17-25-30(26)23-15-11-12-16-24(23)31(25)27(22-35)39-32(38)40-34-28(36)19-20-29(34)37/h11-12,14-18,31,33H,2-10,13,19-21H2,1H3. The smallest absolute Gasteiger partial charge is 0.385 e. The number of fused-ring (bicyclic) bond motifs is 3. The van der Waals surface area contributed by atoms with E-state index in [-0.39, 0.29) is 18.6 Å². The van der Waals surface area contributed by atoms with Gasteiger partial charge < -0.3 is 10.1 Å². The number of benzene rings is 2. The van der Waals surface area contributed by atoms with Crippen LogP contribution in [0.5, 0.6) is 0 Å². The molecule has 2 aliphatic rings. The zero-order valence-electron chi connectivity index (χ0n) is 23.2. The van der Waals surface area contributed by atoms with Gasteiger partial charge in [0.25, 0.3) is 11.8 Å². The zero-order chi connectivity index (χ0) is 28.3. The number of rotatable bonds is 15. The minimum Gasteiger partial charge on any atom is -0.385 e. The molecule has 1 heterocycles. The van der Waals surface area contributed by atoms with Gasteiger partial charge in [-0.3, -0.25) is 14.4 Å². The summed E-state index contributed by atoms with van der Waals surface area (Å²) in [5.74, 6) is -0.483. The summed E-state index contributed by atoms with van der Waals surface area (Å²) in [4.78, 5) is 52.9. The predicted molar refractivity (Wildman–Crippen MR) is 152 cm³/mol. The van der Waals surface area contributed by atoms with Crippen molar-refractivity contribution in [2.24, 2.45) is 0 Å². The Balaban J connectivity index is 1.38. The number of hydrogen-bond acceptors (Lipinski definition) is 7. The first-order valence-corrected chi connectivity index (χ1v) is 14.5. The third-order valence-electron chi connectivity index (χ3n) is 7.52. The predicted octanol–water partition coefficient (Wildman–Crippen LogP) is 7.06. The number of ether oxygens (including phenoxy) is 1. The van der Waals surface area contributed by atoms with Crippen molar-refractivity contribution in [1.82, 2.24) is 5.06 Å². The van der Waals surface area contributed by atoms with Gasteiger partial charge in [-0.25, -0.2) is 9.59 Å². The molecular weight excluding hydrogens is 508 g/mol. The summed E-state index contributed by atoms with van der Waals surface area (Å²) in [6, 6.07) is 13.4. The number of imide groups is 1. The fourth-order valence-corrected chi connectivity index (χ4v) is 5.50. The Kier molecular flexibility index (Phi) is 10.5. The Hall–Kier alpha value is -3.90. The van der Waals surface area contributed by atoms with Crippen LogP contribution in [0.2, 0.25) is 0 Å². The molecule has 4 rings (SSSR count). The maximum Gasteiger partial charge on any atom is 0.540 e. The van der Waals surface area contributed by atoms with Crippen molar-refractivity contribution in [3.05, 3.63) is 59.4 Å². The topological polar surface area (TPSA) is 102 Å². The van der Waals surface area contributed by atoms with Crippen molar-refractivity contribution in [3.8, 4) is 11.1 Å². The maximum absolute atomic E-state index is 12.4. The third-order valence-corrected chi connectivity index (χ3v) is 7.52. The van der Waals surface area contributed by atoms with E-state index in [4.69, 9.17) is 9.57 Å². The Labute approximate surface area is 235 Å². The highest BCUT2D eigenvalue weighted by molar-refractivity contribution is 6.01. The largest absolute Gasteiger partial charge is 0.540 e. The van der Waals surface area contributed by atoms with Gasteiger partial charge in [-0.15, -0.1) is 0 Å². The van der Waals surface area contributed by atoms with Crippen LogP contribution in [0.4, 0.5) is 10.5 Å². The van der Waals surface area contributed by atoms with Gasteiger partial charge in [0.15, 0.2) is 5.94 Å². The number of nitrogens with one attached hydrogen (secondary N) is 1. The third kappa shape index (κ3) is 6.99. The van der Waals surface area contributed by atoms with E-state index < -0.39 is 23.9 Å². The van der Waals surface area contributed by atoms with E-state index >= 15 is 0 Å². The summed E-state index contributed by atoms with van der Waals surface area (Å²) in [5.41, 5.74) is 4.43. The van der Waals surface area contributed by atoms with Gasteiger partial charge in [0.1, 0.15) is 0 Å². The first-order valence-electron chi connectivity index (χ1n) is 14.5.